The first-order valence-electron chi connectivity index (χ1n) is 3.42. The number of hydrogen-bond acceptors (Lipinski definition) is 4. The van der Waals surface area contributed by atoms with Crippen LogP contribution < -0.4 is 0 Å². The fourth-order valence-corrected chi connectivity index (χ4v) is 1.38. The van der Waals surface area contributed by atoms with Gasteiger partial charge in [-0.1, -0.05) is 0 Å². The molecule has 0 radical (unpaired) electrons. The van der Waals surface area contributed by atoms with E-state index in [0.29, 0.717) is 0 Å². The molecule has 0 unspecified atom stereocenters. The summed E-state index contributed by atoms with van der Waals surface area (Å²) >= 11 is 0. The fraction of sp³-hybridized carbons (Fsp3) is 0.286. The molecule has 4 nitrogen and oxygen atoms in total. The Labute approximate surface area is 75.5 Å². The molecule has 0 fully saturated rings. The first kappa shape index (κ1) is 10.1. The van der Waals surface area contributed by atoms with Crippen LogP contribution in [0.15, 0.2) is 18.3 Å². The van der Waals surface area contributed by atoms with Gasteiger partial charge < -0.3 is 0 Å². The van der Waals surface area contributed by atoms with Crippen molar-refractivity contribution in [2.75, 3.05) is 7.11 Å². The second-order valence-electron chi connectivity index (χ2n) is 2.34. The molecule has 0 spiro atoms. The van der Waals surface area contributed by atoms with Gasteiger partial charge in [0, 0.05) is 0 Å². The maximum Gasteiger partial charge on any atom is 0.272 e. The molecule has 72 valence electrons. The third-order valence-electron chi connectivity index (χ3n) is 1.37. The number of hydrogen-bond donors (Lipinski definition) is 0. The van der Waals surface area contributed by atoms with Crippen LogP contribution in [0.3, 0.4) is 0 Å². The molecule has 0 aliphatic carbocycles. The zero-order chi connectivity index (χ0) is 9.90. The first-order valence-corrected chi connectivity index (χ1v) is 5.00. The second kappa shape index (κ2) is 3.80. The normalized spacial score (nSPS) is 11.5. The van der Waals surface area contributed by atoms with Gasteiger partial charge in [-0.2, -0.15) is 8.42 Å². The van der Waals surface area contributed by atoms with Crippen LogP contribution in [0.5, 0.6) is 0 Å². The van der Waals surface area contributed by atoms with E-state index in [2.05, 4.69) is 9.17 Å². The van der Waals surface area contributed by atoms with Gasteiger partial charge in [0.1, 0.15) is 11.6 Å². The first-order chi connectivity index (χ1) is 6.03. The summed E-state index contributed by atoms with van der Waals surface area (Å²) in [6.45, 7) is 0. The molecule has 0 atom stereocenters. The Balaban J connectivity index is 2.82. The quantitative estimate of drug-likeness (QED) is 0.681. The molecule has 1 aromatic heterocycles. The monoisotopic (exact) mass is 205 g/mol. The van der Waals surface area contributed by atoms with Gasteiger partial charge in [-0.3, -0.25) is 9.17 Å². The van der Waals surface area contributed by atoms with Crippen molar-refractivity contribution in [2.45, 2.75) is 5.75 Å². The summed E-state index contributed by atoms with van der Waals surface area (Å²) in [7, 11) is -2.50. The Bertz CT molecular complexity index is 373. The smallest absolute Gasteiger partial charge is 0.272 e. The molecule has 0 saturated carbocycles. The van der Waals surface area contributed by atoms with Crippen LogP contribution in [0.25, 0.3) is 0 Å². The van der Waals surface area contributed by atoms with Crippen molar-refractivity contribution in [1.82, 2.24) is 4.98 Å². The van der Waals surface area contributed by atoms with Gasteiger partial charge in [-0.15, -0.1) is 0 Å². The standard InChI is InChI=1S/C7H8FNO3S/c1-12-13(10,11)5-7-3-2-6(8)4-9-7/h2-4H,5H2,1H3. The lowest BCUT2D eigenvalue weighted by Gasteiger charge is -1.99. The minimum atomic E-state index is -3.57. The summed E-state index contributed by atoms with van der Waals surface area (Å²) in [5.74, 6) is -0.845. The molecular weight excluding hydrogens is 197 g/mol. The zero-order valence-electron chi connectivity index (χ0n) is 6.90. The summed E-state index contributed by atoms with van der Waals surface area (Å²) < 4.78 is 38.4. The SMILES string of the molecule is COS(=O)(=O)Cc1ccc(F)cn1. The van der Waals surface area contributed by atoms with Crippen LogP contribution in [0.4, 0.5) is 4.39 Å². The van der Waals surface area contributed by atoms with E-state index in [1.807, 2.05) is 0 Å². The van der Waals surface area contributed by atoms with Crippen LogP contribution in [-0.4, -0.2) is 20.5 Å². The van der Waals surface area contributed by atoms with Crippen molar-refractivity contribution in [2.24, 2.45) is 0 Å². The minimum Gasteiger partial charge on any atom is -0.273 e. The van der Waals surface area contributed by atoms with Gasteiger partial charge in [-0.05, 0) is 12.1 Å². The average Bonchev–Trinajstić information content (AvgIpc) is 2.09. The topological polar surface area (TPSA) is 56.3 Å². The Morgan fingerprint density at radius 3 is 2.69 bits per heavy atom. The molecule has 0 aromatic carbocycles. The zero-order valence-corrected chi connectivity index (χ0v) is 7.71. The van der Waals surface area contributed by atoms with Crippen LogP contribution in [-0.2, 0) is 20.1 Å². The Morgan fingerprint density at radius 2 is 2.23 bits per heavy atom. The van der Waals surface area contributed by atoms with Crippen LogP contribution in [0.2, 0.25) is 0 Å². The third kappa shape index (κ3) is 3.08. The van der Waals surface area contributed by atoms with Crippen LogP contribution in [0.1, 0.15) is 5.69 Å². The average molecular weight is 205 g/mol. The summed E-state index contributed by atoms with van der Waals surface area (Å²) in [5, 5.41) is 0. The lowest BCUT2D eigenvalue weighted by atomic mass is 10.4. The molecule has 0 aliphatic heterocycles. The van der Waals surface area contributed by atoms with E-state index in [1.165, 1.54) is 6.07 Å². The van der Waals surface area contributed by atoms with Gasteiger partial charge in [-0.25, -0.2) is 4.39 Å². The highest BCUT2D eigenvalue weighted by molar-refractivity contribution is 7.85. The molecule has 0 aliphatic rings. The van der Waals surface area contributed by atoms with Gasteiger partial charge in [0.25, 0.3) is 10.1 Å². The fourth-order valence-electron chi connectivity index (χ4n) is 0.732. The van der Waals surface area contributed by atoms with E-state index < -0.39 is 15.9 Å². The van der Waals surface area contributed by atoms with Crippen molar-refractivity contribution < 1.29 is 17.0 Å². The van der Waals surface area contributed by atoms with E-state index in [0.717, 1.165) is 19.4 Å². The van der Waals surface area contributed by atoms with Gasteiger partial charge in [0.15, 0.2) is 0 Å². The Morgan fingerprint density at radius 1 is 1.54 bits per heavy atom. The van der Waals surface area contributed by atoms with Crippen LogP contribution >= 0.6 is 0 Å². The molecule has 13 heavy (non-hydrogen) atoms. The molecule has 1 aromatic rings. The van der Waals surface area contributed by atoms with Crippen molar-refractivity contribution in [3.63, 3.8) is 0 Å². The van der Waals surface area contributed by atoms with Crippen molar-refractivity contribution in [1.29, 1.82) is 0 Å². The van der Waals surface area contributed by atoms with Crippen molar-refractivity contribution in [3.8, 4) is 0 Å². The van der Waals surface area contributed by atoms with Crippen molar-refractivity contribution in [3.05, 3.63) is 29.8 Å². The Hall–Kier alpha value is -1.01. The van der Waals surface area contributed by atoms with Crippen LogP contribution in [0, 0.1) is 5.82 Å². The maximum absolute atomic E-state index is 12.4. The molecule has 6 heteroatoms. The molecule has 0 bridgehead atoms. The predicted molar refractivity (Wildman–Crippen MR) is 43.8 cm³/mol. The molecule has 1 rings (SSSR count). The molecular formula is C7H8FNO3S. The maximum atomic E-state index is 12.4. The van der Waals surface area contributed by atoms with Gasteiger partial charge in [0.05, 0.1) is 19.0 Å². The third-order valence-corrected chi connectivity index (χ3v) is 2.52. The summed E-state index contributed by atoms with van der Waals surface area (Å²) in [4.78, 5) is 3.58. The number of halogens is 1. The molecule has 0 saturated heterocycles. The van der Waals surface area contributed by atoms with E-state index in [1.54, 1.807) is 0 Å². The largest absolute Gasteiger partial charge is 0.273 e. The number of pyridine rings is 1. The van der Waals surface area contributed by atoms with Gasteiger partial charge >= 0.3 is 0 Å². The molecule has 0 amide bonds. The number of nitrogens with zero attached hydrogens (tertiary/aromatic N) is 1. The van der Waals surface area contributed by atoms with E-state index in [9.17, 15) is 12.8 Å². The number of rotatable bonds is 3. The number of aromatic nitrogens is 1. The highest BCUT2D eigenvalue weighted by Gasteiger charge is 2.10. The van der Waals surface area contributed by atoms with E-state index >= 15 is 0 Å². The highest BCUT2D eigenvalue weighted by atomic mass is 32.2. The predicted octanol–water partition coefficient (Wildman–Crippen LogP) is 0.697. The summed E-state index contributed by atoms with van der Waals surface area (Å²) in [6.07, 6.45) is 0.959. The van der Waals surface area contributed by atoms with E-state index in [4.69, 9.17) is 0 Å². The van der Waals surface area contributed by atoms with Crippen molar-refractivity contribution >= 4 is 10.1 Å². The summed E-state index contributed by atoms with van der Waals surface area (Å²) in [6, 6.07) is 2.44. The second-order valence-corrected chi connectivity index (χ2v) is 4.07. The highest BCUT2D eigenvalue weighted by Crippen LogP contribution is 2.04. The molecule has 1 heterocycles. The molecule has 0 N–H and O–H groups in total. The minimum absolute atomic E-state index is 0.253. The lowest BCUT2D eigenvalue weighted by molar-refractivity contribution is 0.396. The lowest BCUT2D eigenvalue weighted by Crippen LogP contribution is -2.06. The van der Waals surface area contributed by atoms with E-state index in [-0.39, 0.29) is 11.4 Å². The summed E-state index contributed by atoms with van der Waals surface area (Å²) in [5.41, 5.74) is 0.253. The van der Waals surface area contributed by atoms with Gasteiger partial charge in [0.2, 0.25) is 0 Å². The Kier molecular flexibility index (Phi) is 2.94.